The summed E-state index contributed by atoms with van der Waals surface area (Å²) in [6.07, 6.45) is 7.73. The van der Waals surface area contributed by atoms with Crippen LogP contribution in [-0.4, -0.2) is 18.9 Å². The van der Waals surface area contributed by atoms with Gasteiger partial charge in [-0.3, -0.25) is 4.79 Å². The van der Waals surface area contributed by atoms with E-state index in [0.29, 0.717) is 5.78 Å². The molecular weight excluding hydrogens is 186 g/mol. The molecule has 1 rings (SSSR count). The second kappa shape index (κ2) is 6.06. The second-order valence-corrected chi connectivity index (χ2v) is 4.52. The summed E-state index contributed by atoms with van der Waals surface area (Å²) in [5.74, 6) is 0.457. The van der Waals surface area contributed by atoms with Gasteiger partial charge in [0.1, 0.15) is 5.78 Å². The Morgan fingerprint density at radius 2 is 2.40 bits per heavy atom. The van der Waals surface area contributed by atoms with Crippen LogP contribution in [0.1, 0.15) is 45.4 Å². The largest absolute Gasteiger partial charge is 0.316 e. The van der Waals surface area contributed by atoms with Gasteiger partial charge < -0.3 is 5.32 Å². The summed E-state index contributed by atoms with van der Waals surface area (Å²) in [7, 11) is 0. The van der Waals surface area contributed by atoms with E-state index in [9.17, 15) is 4.79 Å². The molecule has 0 bridgehead atoms. The van der Waals surface area contributed by atoms with Gasteiger partial charge in [0.15, 0.2) is 0 Å². The zero-order valence-corrected chi connectivity index (χ0v) is 9.85. The van der Waals surface area contributed by atoms with Gasteiger partial charge in [-0.25, -0.2) is 0 Å². The van der Waals surface area contributed by atoms with E-state index >= 15 is 0 Å². The van der Waals surface area contributed by atoms with Crippen molar-refractivity contribution in [2.75, 3.05) is 13.1 Å². The van der Waals surface area contributed by atoms with Gasteiger partial charge in [0.25, 0.3) is 0 Å². The molecule has 1 N–H and O–H groups in total. The highest BCUT2D eigenvalue weighted by Gasteiger charge is 2.36. The Balaban J connectivity index is 2.48. The molecular formula is C13H23NO. The van der Waals surface area contributed by atoms with E-state index in [2.05, 4.69) is 18.8 Å². The lowest BCUT2D eigenvalue weighted by atomic mass is 9.73. The third-order valence-corrected chi connectivity index (χ3v) is 3.55. The summed E-state index contributed by atoms with van der Waals surface area (Å²) in [4.78, 5) is 12.2. The zero-order valence-electron chi connectivity index (χ0n) is 9.85. The minimum Gasteiger partial charge on any atom is -0.316 e. The van der Waals surface area contributed by atoms with Crippen molar-refractivity contribution in [1.29, 1.82) is 0 Å². The van der Waals surface area contributed by atoms with Crippen molar-refractivity contribution in [2.24, 2.45) is 5.41 Å². The molecule has 1 saturated heterocycles. The number of ketones is 1. The van der Waals surface area contributed by atoms with Gasteiger partial charge in [-0.2, -0.15) is 0 Å². The molecule has 1 fully saturated rings. The van der Waals surface area contributed by atoms with Gasteiger partial charge in [-0.05, 0) is 38.6 Å². The zero-order chi connectivity index (χ0) is 11.1. The quantitative estimate of drug-likeness (QED) is 0.538. The SMILES string of the molecule is C=CCCCC(=O)C1(CC)CCCNC1. The molecule has 2 nitrogen and oxygen atoms in total. The Bertz CT molecular complexity index is 217. The van der Waals surface area contributed by atoms with E-state index in [-0.39, 0.29) is 5.41 Å². The van der Waals surface area contributed by atoms with Crippen LogP contribution in [0.15, 0.2) is 12.7 Å². The standard InChI is InChI=1S/C13H23NO/c1-3-5-6-8-12(15)13(4-2)9-7-10-14-11-13/h3,14H,1,4-11H2,2H3. The number of carbonyl (C=O) groups excluding carboxylic acids is 1. The lowest BCUT2D eigenvalue weighted by molar-refractivity contribution is -0.130. The van der Waals surface area contributed by atoms with Gasteiger partial charge in [-0.1, -0.05) is 13.0 Å². The van der Waals surface area contributed by atoms with Gasteiger partial charge in [0.2, 0.25) is 0 Å². The van der Waals surface area contributed by atoms with Crippen molar-refractivity contribution in [2.45, 2.75) is 45.4 Å². The molecule has 1 unspecified atom stereocenters. The number of Topliss-reactive ketones (excluding diaryl/α,β-unsaturated/α-hetero) is 1. The van der Waals surface area contributed by atoms with E-state index in [4.69, 9.17) is 0 Å². The topological polar surface area (TPSA) is 29.1 Å². The van der Waals surface area contributed by atoms with E-state index < -0.39 is 0 Å². The number of allylic oxidation sites excluding steroid dienone is 1. The molecule has 1 aliphatic rings. The lowest BCUT2D eigenvalue weighted by Crippen LogP contribution is -2.45. The average molecular weight is 209 g/mol. The van der Waals surface area contributed by atoms with Gasteiger partial charge >= 0.3 is 0 Å². The maximum atomic E-state index is 12.2. The summed E-state index contributed by atoms with van der Waals surface area (Å²) < 4.78 is 0. The van der Waals surface area contributed by atoms with E-state index in [1.165, 1.54) is 0 Å². The van der Waals surface area contributed by atoms with Crippen LogP contribution in [-0.2, 0) is 4.79 Å². The van der Waals surface area contributed by atoms with Crippen molar-refractivity contribution in [3.63, 3.8) is 0 Å². The number of unbranched alkanes of at least 4 members (excludes halogenated alkanes) is 1. The van der Waals surface area contributed by atoms with Crippen LogP contribution in [0.25, 0.3) is 0 Å². The molecule has 1 aliphatic heterocycles. The number of nitrogens with one attached hydrogen (secondary N) is 1. The Morgan fingerprint density at radius 1 is 1.60 bits per heavy atom. The monoisotopic (exact) mass is 209 g/mol. The van der Waals surface area contributed by atoms with Gasteiger partial charge in [-0.15, -0.1) is 6.58 Å². The predicted octanol–water partition coefficient (Wildman–Crippen LogP) is 2.69. The fourth-order valence-electron chi connectivity index (χ4n) is 2.38. The molecule has 0 saturated carbocycles. The average Bonchev–Trinajstić information content (AvgIpc) is 2.30. The number of piperidine rings is 1. The van der Waals surface area contributed by atoms with Crippen LogP contribution < -0.4 is 5.32 Å². The van der Waals surface area contributed by atoms with Crippen LogP contribution in [0.2, 0.25) is 0 Å². The van der Waals surface area contributed by atoms with Gasteiger partial charge in [0.05, 0.1) is 0 Å². The van der Waals surface area contributed by atoms with Crippen molar-refractivity contribution < 1.29 is 4.79 Å². The van der Waals surface area contributed by atoms with Crippen LogP contribution in [0, 0.1) is 5.41 Å². The predicted molar refractivity (Wildman–Crippen MR) is 63.9 cm³/mol. The Hall–Kier alpha value is -0.630. The van der Waals surface area contributed by atoms with Crippen molar-refractivity contribution in [3.8, 4) is 0 Å². The maximum Gasteiger partial charge on any atom is 0.140 e. The number of carbonyl (C=O) groups is 1. The third-order valence-electron chi connectivity index (χ3n) is 3.55. The summed E-state index contributed by atoms with van der Waals surface area (Å²) in [5.41, 5.74) is -0.0561. The highest BCUT2D eigenvalue weighted by atomic mass is 16.1. The van der Waals surface area contributed by atoms with Crippen LogP contribution in [0.5, 0.6) is 0 Å². The van der Waals surface area contributed by atoms with Gasteiger partial charge in [0, 0.05) is 18.4 Å². The Morgan fingerprint density at radius 3 is 2.93 bits per heavy atom. The van der Waals surface area contributed by atoms with E-state index in [1.54, 1.807) is 0 Å². The smallest absolute Gasteiger partial charge is 0.140 e. The minimum atomic E-state index is -0.0561. The van der Waals surface area contributed by atoms with Crippen molar-refractivity contribution >= 4 is 5.78 Å². The fourth-order valence-corrected chi connectivity index (χ4v) is 2.38. The number of rotatable bonds is 6. The van der Waals surface area contributed by atoms with Crippen LogP contribution in [0.4, 0.5) is 0 Å². The molecule has 1 atom stereocenters. The first-order chi connectivity index (χ1) is 7.25. The summed E-state index contributed by atoms with van der Waals surface area (Å²) in [6.45, 7) is 7.78. The second-order valence-electron chi connectivity index (χ2n) is 4.52. The first-order valence-corrected chi connectivity index (χ1v) is 6.10. The van der Waals surface area contributed by atoms with Crippen LogP contribution >= 0.6 is 0 Å². The third kappa shape index (κ3) is 3.16. The van der Waals surface area contributed by atoms with Crippen molar-refractivity contribution in [3.05, 3.63) is 12.7 Å². The molecule has 0 aliphatic carbocycles. The normalized spacial score (nSPS) is 26.2. The molecule has 2 heteroatoms. The molecule has 1 heterocycles. The minimum absolute atomic E-state index is 0.0561. The Kier molecular flexibility index (Phi) is 5.03. The molecule has 0 spiro atoms. The maximum absolute atomic E-state index is 12.2. The van der Waals surface area contributed by atoms with E-state index in [0.717, 1.165) is 51.6 Å². The molecule has 15 heavy (non-hydrogen) atoms. The number of hydrogen-bond acceptors (Lipinski definition) is 2. The molecule has 0 radical (unpaired) electrons. The summed E-state index contributed by atoms with van der Waals surface area (Å²) in [6, 6.07) is 0. The number of hydrogen-bond donors (Lipinski definition) is 1. The first kappa shape index (κ1) is 12.4. The van der Waals surface area contributed by atoms with Crippen LogP contribution in [0.3, 0.4) is 0 Å². The highest BCUT2D eigenvalue weighted by Crippen LogP contribution is 2.32. The van der Waals surface area contributed by atoms with E-state index in [1.807, 2.05) is 6.08 Å². The Labute approximate surface area is 93.1 Å². The molecule has 0 amide bonds. The molecule has 0 aromatic heterocycles. The molecule has 86 valence electrons. The fraction of sp³-hybridized carbons (Fsp3) is 0.769. The molecule has 0 aromatic carbocycles. The molecule has 0 aromatic rings. The van der Waals surface area contributed by atoms with Crippen molar-refractivity contribution in [1.82, 2.24) is 5.32 Å². The first-order valence-electron chi connectivity index (χ1n) is 6.10. The highest BCUT2D eigenvalue weighted by molar-refractivity contribution is 5.85. The summed E-state index contributed by atoms with van der Waals surface area (Å²) >= 11 is 0. The lowest BCUT2D eigenvalue weighted by Gasteiger charge is -2.35. The summed E-state index contributed by atoms with van der Waals surface area (Å²) in [5, 5.41) is 3.36.